The van der Waals surface area contributed by atoms with Crippen LogP contribution in [0.25, 0.3) is 6.08 Å². The van der Waals surface area contributed by atoms with Crippen LogP contribution in [-0.4, -0.2) is 38.1 Å². The van der Waals surface area contributed by atoms with Crippen LogP contribution in [0.1, 0.15) is 18.4 Å². The Bertz CT molecular complexity index is 351. The highest BCUT2D eigenvalue weighted by Crippen LogP contribution is 2.14. The fraction of sp³-hybridized carbons (Fsp3) is 0.500. The highest BCUT2D eigenvalue weighted by atomic mass is 15.1. The van der Waals surface area contributed by atoms with Gasteiger partial charge in [0.05, 0.1) is 0 Å². The van der Waals surface area contributed by atoms with Gasteiger partial charge in [-0.25, -0.2) is 0 Å². The average molecular weight is 244 g/mol. The Hall–Kier alpha value is -1.12. The lowest BCUT2D eigenvalue weighted by atomic mass is 9.97. The minimum absolute atomic E-state index is 0.867. The van der Waals surface area contributed by atoms with Gasteiger partial charge < -0.3 is 10.2 Å². The molecule has 0 radical (unpaired) electrons. The summed E-state index contributed by atoms with van der Waals surface area (Å²) in [6.45, 7) is 4.65. The number of nitrogens with one attached hydrogen (secondary N) is 1. The molecular formula is C16H24N2. The van der Waals surface area contributed by atoms with Crippen LogP contribution in [0.4, 0.5) is 0 Å². The lowest BCUT2D eigenvalue weighted by molar-refractivity contribution is 0.217. The van der Waals surface area contributed by atoms with Crippen molar-refractivity contribution in [2.45, 2.75) is 12.8 Å². The molecule has 0 bridgehead atoms. The van der Waals surface area contributed by atoms with Gasteiger partial charge in [0.25, 0.3) is 0 Å². The van der Waals surface area contributed by atoms with Gasteiger partial charge in [0.2, 0.25) is 0 Å². The molecule has 1 aromatic carbocycles. The maximum absolute atomic E-state index is 3.53. The Morgan fingerprint density at radius 1 is 1.22 bits per heavy atom. The van der Waals surface area contributed by atoms with Crippen LogP contribution >= 0.6 is 0 Å². The molecule has 1 heterocycles. The van der Waals surface area contributed by atoms with Gasteiger partial charge in [-0.1, -0.05) is 42.5 Å². The van der Waals surface area contributed by atoms with Gasteiger partial charge in [-0.2, -0.15) is 0 Å². The number of rotatable bonds is 5. The summed E-state index contributed by atoms with van der Waals surface area (Å²) < 4.78 is 0. The first kappa shape index (κ1) is 13.3. The molecule has 0 aliphatic carbocycles. The number of likely N-dealkylation sites (tertiary alicyclic amines) is 1. The molecule has 1 aliphatic heterocycles. The number of benzene rings is 1. The molecule has 2 nitrogen and oxygen atoms in total. The molecule has 1 aliphatic rings. The van der Waals surface area contributed by atoms with Crippen molar-refractivity contribution in [3.8, 4) is 0 Å². The molecule has 0 saturated carbocycles. The summed E-state index contributed by atoms with van der Waals surface area (Å²) in [5.74, 6) is 0.867. The third kappa shape index (κ3) is 4.63. The Morgan fingerprint density at radius 2 is 1.94 bits per heavy atom. The first-order chi connectivity index (χ1) is 8.84. The van der Waals surface area contributed by atoms with Crippen LogP contribution in [0.15, 0.2) is 36.4 Å². The summed E-state index contributed by atoms with van der Waals surface area (Å²) in [5, 5.41) is 3.53. The highest BCUT2D eigenvalue weighted by molar-refractivity contribution is 5.48. The van der Waals surface area contributed by atoms with E-state index >= 15 is 0 Å². The summed E-state index contributed by atoms with van der Waals surface area (Å²) in [6.07, 6.45) is 7.07. The van der Waals surface area contributed by atoms with E-state index in [0.29, 0.717) is 0 Å². The van der Waals surface area contributed by atoms with Gasteiger partial charge in [-0.15, -0.1) is 0 Å². The van der Waals surface area contributed by atoms with Crippen LogP contribution in [-0.2, 0) is 0 Å². The molecule has 0 unspecified atom stereocenters. The molecule has 1 aromatic rings. The van der Waals surface area contributed by atoms with Gasteiger partial charge in [-0.05, 0) is 51.0 Å². The second-order valence-electron chi connectivity index (χ2n) is 5.22. The summed E-state index contributed by atoms with van der Waals surface area (Å²) >= 11 is 0. The smallest absolute Gasteiger partial charge is 0.0138 e. The van der Waals surface area contributed by atoms with Crippen molar-refractivity contribution < 1.29 is 0 Å². The molecule has 1 saturated heterocycles. The maximum Gasteiger partial charge on any atom is 0.0138 e. The maximum atomic E-state index is 3.53. The van der Waals surface area contributed by atoms with Gasteiger partial charge >= 0.3 is 0 Å². The van der Waals surface area contributed by atoms with E-state index in [4.69, 9.17) is 0 Å². The van der Waals surface area contributed by atoms with E-state index in [9.17, 15) is 0 Å². The predicted molar refractivity (Wildman–Crippen MR) is 78.6 cm³/mol. The third-order valence-electron chi connectivity index (χ3n) is 3.64. The standard InChI is InChI=1S/C16H24N2/c1-18-12-9-16(10-13-18)14-17-11-5-8-15-6-3-2-4-7-15/h2-8,16-17H,9-14H2,1H3. The highest BCUT2D eigenvalue weighted by Gasteiger charge is 2.15. The summed E-state index contributed by atoms with van der Waals surface area (Å²) in [7, 11) is 2.21. The topological polar surface area (TPSA) is 15.3 Å². The number of nitrogens with zero attached hydrogens (tertiary/aromatic N) is 1. The molecule has 2 rings (SSSR count). The molecule has 18 heavy (non-hydrogen) atoms. The minimum Gasteiger partial charge on any atom is -0.313 e. The van der Waals surface area contributed by atoms with Crippen molar-refractivity contribution in [3.63, 3.8) is 0 Å². The van der Waals surface area contributed by atoms with Crippen molar-refractivity contribution in [1.82, 2.24) is 10.2 Å². The average Bonchev–Trinajstić information content (AvgIpc) is 2.42. The molecule has 1 N–H and O–H groups in total. The Labute approximate surface area is 111 Å². The van der Waals surface area contributed by atoms with Crippen molar-refractivity contribution >= 4 is 6.08 Å². The first-order valence-corrected chi connectivity index (χ1v) is 6.95. The lowest BCUT2D eigenvalue weighted by Gasteiger charge is -2.28. The van der Waals surface area contributed by atoms with E-state index in [1.165, 1.54) is 31.5 Å². The number of piperidine rings is 1. The van der Waals surface area contributed by atoms with E-state index < -0.39 is 0 Å². The van der Waals surface area contributed by atoms with Crippen LogP contribution in [0.2, 0.25) is 0 Å². The van der Waals surface area contributed by atoms with E-state index in [1.807, 2.05) is 0 Å². The first-order valence-electron chi connectivity index (χ1n) is 6.95. The van der Waals surface area contributed by atoms with E-state index in [1.54, 1.807) is 0 Å². The molecule has 98 valence electrons. The van der Waals surface area contributed by atoms with Gasteiger partial charge in [0.15, 0.2) is 0 Å². The van der Waals surface area contributed by atoms with Crippen molar-refractivity contribution in [1.29, 1.82) is 0 Å². The van der Waals surface area contributed by atoms with E-state index in [-0.39, 0.29) is 0 Å². The number of hydrogen-bond acceptors (Lipinski definition) is 2. The van der Waals surface area contributed by atoms with Crippen LogP contribution in [0.3, 0.4) is 0 Å². The Balaban J connectivity index is 1.60. The zero-order valence-corrected chi connectivity index (χ0v) is 11.3. The van der Waals surface area contributed by atoms with Crippen molar-refractivity contribution in [2.24, 2.45) is 5.92 Å². The molecule has 0 spiro atoms. The molecule has 2 heteroatoms. The van der Waals surface area contributed by atoms with Crippen LogP contribution in [0, 0.1) is 5.92 Å². The zero-order chi connectivity index (χ0) is 12.6. The monoisotopic (exact) mass is 244 g/mol. The fourth-order valence-corrected chi connectivity index (χ4v) is 2.40. The quantitative estimate of drug-likeness (QED) is 0.801. The van der Waals surface area contributed by atoms with Crippen molar-refractivity contribution in [2.75, 3.05) is 33.2 Å². The Morgan fingerprint density at radius 3 is 2.67 bits per heavy atom. The van der Waals surface area contributed by atoms with E-state index in [2.05, 4.69) is 59.7 Å². The van der Waals surface area contributed by atoms with Crippen LogP contribution in [0.5, 0.6) is 0 Å². The zero-order valence-electron chi connectivity index (χ0n) is 11.3. The largest absolute Gasteiger partial charge is 0.313 e. The van der Waals surface area contributed by atoms with Gasteiger partial charge in [-0.3, -0.25) is 0 Å². The second-order valence-corrected chi connectivity index (χ2v) is 5.22. The fourth-order valence-electron chi connectivity index (χ4n) is 2.40. The molecular weight excluding hydrogens is 220 g/mol. The number of hydrogen-bond donors (Lipinski definition) is 1. The van der Waals surface area contributed by atoms with Gasteiger partial charge in [0, 0.05) is 6.54 Å². The third-order valence-corrected chi connectivity index (χ3v) is 3.64. The molecule has 0 aromatic heterocycles. The van der Waals surface area contributed by atoms with E-state index in [0.717, 1.165) is 19.0 Å². The van der Waals surface area contributed by atoms with Crippen molar-refractivity contribution in [3.05, 3.63) is 42.0 Å². The molecule has 0 amide bonds. The van der Waals surface area contributed by atoms with Gasteiger partial charge in [0.1, 0.15) is 0 Å². The molecule has 1 fully saturated rings. The Kier molecular flexibility index (Phi) is 5.43. The summed E-state index contributed by atoms with van der Waals surface area (Å²) in [6, 6.07) is 10.5. The summed E-state index contributed by atoms with van der Waals surface area (Å²) in [4.78, 5) is 2.42. The van der Waals surface area contributed by atoms with Crippen LogP contribution < -0.4 is 5.32 Å². The minimum atomic E-state index is 0.867. The normalized spacial score (nSPS) is 18.5. The second kappa shape index (κ2) is 7.34. The SMILES string of the molecule is CN1CCC(CNCC=Cc2ccccc2)CC1. The molecule has 0 atom stereocenters. The predicted octanol–water partition coefficient (Wildman–Crippen LogP) is 2.63. The summed E-state index contributed by atoms with van der Waals surface area (Å²) in [5.41, 5.74) is 1.28. The lowest BCUT2D eigenvalue weighted by Crippen LogP contribution is -2.34.